The van der Waals surface area contributed by atoms with Gasteiger partial charge in [-0.1, -0.05) is 11.6 Å². The monoisotopic (exact) mass is 284 g/mol. The summed E-state index contributed by atoms with van der Waals surface area (Å²) in [5, 5.41) is 6.87. The third kappa shape index (κ3) is 2.88. The fourth-order valence-electron chi connectivity index (χ4n) is 1.50. The van der Waals surface area contributed by atoms with Crippen molar-refractivity contribution in [3.8, 4) is 0 Å². The van der Waals surface area contributed by atoms with Gasteiger partial charge in [0.2, 0.25) is 5.91 Å². The van der Waals surface area contributed by atoms with Gasteiger partial charge in [0.15, 0.2) is 0 Å². The molecular weight excluding hydrogens is 272 g/mol. The summed E-state index contributed by atoms with van der Waals surface area (Å²) in [6, 6.07) is 3.29. The summed E-state index contributed by atoms with van der Waals surface area (Å²) in [6.07, 6.45) is 2.93. The van der Waals surface area contributed by atoms with Crippen LogP contribution in [0.3, 0.4) is 0 Å². The first-order valence-corrected chi connectivity index (χ1v) is 6.67. The smallest absolute Gasteiger partial charge is 0.245 e. The highest BCUT2D eigenvalue weighted by Gasteiger charge is 2.18. The lowest BCUT2D eigenvalue weighted by atomic mass is 10.2. The van der Waals surface area contributed by atoms with Gasteiger partial charge in [-0.3, -0.25) is 4.79 Å². The van der Waals surface area contributed by atoms with Gasteiger partial charge < -0.3 is 5.32 Å². The molecule has 5 nitrogen and oxygen atoms in total. The van der Waals surface area contributed by atoms with Crippen LogP contribution in [0.2, 0.25) is 4.34 Å². The Labute approximate surface area is 114 Å². The maximum Gasteiger partial charge on any atom is 0.245 e. The fourth-order valence-corrected chi connectivity index (χ4v) is 2.57. The summed E-state index contributed by atoms with van der Waals surface area (Å²) in [7, 11) is 0. The molecule has 0 fully saturated rings. The van der Waals surface area contributed by atoms with E-state index in [0.717, 1.165) is 9.21 Å². The molecule has 0 aliphatic carbocycles. The number of carbonyl (C=O) groups excluding carboxylic acids is 1. The lowest BCUT2D eigenvalue weighted by molar-refractivity contribution is -0.124. The zero-order valence-corrected chi connectivity index (χ0v) is 11.6. The third-order valence-electron chi connectivity index (χ3n) is 2.59. The number of nitrogens with one attached hydrogen (secondary N) is 1. The molecule has 2 rings (SSSR count). The van der Waals surface area contributed by atoms with Gasteiger partial charge >= 0.3 is 0 Å². The van der Waals surface area contributed by atoms with Crippen LogP contribution in [0.4, 0.5) is 0 Å². The van der Waals surface area contributed by atoms with Crippen molar-refractivity contribution in [2.24, 2.45) is 0 Å². The Morgan fingerprint density at radius 1 is 1.50 bits per heavy atom. The molecule has 1 N–H and O–H groups in total. The van der Waals surface area contributed by atoms with Crippen molar-refractivity contribution < 1.29 is 4.79 Å². The number of rotatable bonds is 4. The van der Waals surface area contributed by atoms with E-state index in [1.165, 1.54) is 28.7 Å². The molecule has 2 atom stereocenters. The van der Waals surface area contributed by atoms with Gasteiger partial charge in [-0.05, 0) is 26.0 Å². The van der Waals surface area contributed by atoms with E-state index in [0.29, 0.717) is 0 Å². The summed E-state index contributed by atoms with van der Waals surface area (Å²) in [4.78, 5) is 16.9. The highest BCUT2D eigenvalue weighted by atomic mass is 35.5. The number of nitrogens with zero attached hydrogens (tertiary/aromatic N) is 3. The fraction of sp³-hybridized carbons (Fsp3) is 0.364. The van der Waals surface area contributed by atoms with E-state index in [9.17, 15) is 4.79 Å². The maximum atomic E-state index is 12.0. The molecule has 0 saturated carbocycles. The van der Waals surface area contributed by atoms with Crippen molar-refractivity contribution in [2.45, 2.75) is 25.9 Å². The van der Waals surface area contributed by atoms with E-state index >= 15 is 0 Å². The Hall–Kier alpha value is -1.40. The number of halogens is 1. The molecule has 18 heavy (non-hydrogen) atoms. The second-order valence-electron chi connectivity index (χ2n) is 3.92. The van der Waals surface area contributed by atoms with Crippen molar-refractivity contribution in [1.29, 1.82) is 0 Å². The van der Waals surface area contributed by atoms with Gasteiger partial charge in [-0.2, -0.15) is 5.10 Å². The van der Waals surface area contributed by atoms with E-state index in [1.807, 2.05) is 19.1 Å². The molecule has 0 aliphatic rings. The Bertz CT molecular complexity index is 525. The predicted octanol–water partition coefficient (Wildman–Crippen LogP) is 2.43. The standard InChI is InChI=1S/C11H13ClN4OS/c1-7(9-3-4-10(12)18-9)15-11(17)8(2)16-6-13-5-14-16/h3-8H,1-2H3,(H,15,17)/t7-,8+/m0/s1. The second-order valence-corrected chi connectivity index (χ2v) is 5.67. The van der Waals surface area contributed by atoms with Crippen LogP contribution in [0.5, 0.6) is 0 Å². The molecule has 1 amide bonds. The zero-order valence-electron chi connectivity index (χ0n) is 10.0. The van der Waals surface area contributed by atoms with Crippen molar-refractivity contribution in [3.63, 3.8) is 0 Å². The average molecular weight is 285 g/mol. The molecule has 0 spiro atoms. The molecule has 0 unspecified atom stereocenters. The Morgan fingerprint density at radius 3 is 2.83 bits per heavy atom. The van der Waals surface area contributed by atoms with Crippen LogP contribution in [-0.4, -0.2) is 20.7 Å². The molecule has 0 radical (unpaired) electrons. The Balaban J connectivity index is 1.99. The summed E-state index contributed by atoms with van der Waals surface area (Å²) >= 11 is 7.33. The molecule has 0 bridgehead atoms. The first-order valence-electron chi connectivity index (χ1n) is 5.47. The summed E-state index contributed by atoms with van der Waals surface area (Å²) in [6.45, 7) is 3.70. The number of hydrogen-bond acceptors (Lipinski definition) is 4. The SMILES string of the molecule is C[C@H](NC(=O)[C@@H](C)n1cncn1)c1ccc(Cl)s1. The molecule has 0 aliphatic heterocycles. The largest absolute Gasteiger partial charge is 0.347 e. The molecule has 2 heterocycles. The number of carbonyl (C=O) groups is 1. The number of aromatic nitrogens is 3. The van der Waals surface area contributed by atoms with Crippen LogP contribution in [0.1, 0.15) is 30.8 Å². The first-order chi connectivity index (χ1) is 8.58. The molecule has 96 valence electrons. The van der Waals surface area contributed by atoms with Gasteiger partial charge in [0.05, 0.1) is 10.4 Å². The number of amides is 1. The third-order valence-corrected chi connectivity index (χ3v) is 4.01. The van der Waals surface area contributed by atoms with Crippen molar-refractivity contribution >= 4 is 28.8 Å². The van der Waals surface area contributed by atoms with Crippen LogP contribution in [0.25, 0.3) is 0 Å². The lowest BCUT2D eigenvalue weighted by Crippen LogP contribution is -2.32. The summed E-state index contributed by atoms with van der Waals surface area (Å²) in [5.74, 6) is -0.0995. The molecular formula is C11H13ClN4OS. The molecule has 7 heteroatoms. The first kappa shape index (κ1) is 13.0. The Morgan fingerprint density at radius 2 is 2.28 bits per heavy atom. The highest BCUT2D eigenvalue weighted by molar-refractivity contribution is 7.16. The van der Waals surface area contributed by atoms with Crippen LogP contribution < -0.4 is 5.32 Å². The summed E-state index contributed by atoms with van der Waals surface area (Å²) < 4.78 is 2.24. The normalized spacial score (nSPS) is 14.2. The van der Waals surface area contributed by atoms with E-state index < -0.39 is 0 Å². The lowest BCUT2D eigenvalue weighted by Gasteiger charge is -2.16. The minimum Gasteiger partial charge on any atom is -0.347 e. The van der Waals surface area contributed by atoms with Crippen LogP contribution in [0, 0.1) is 0 Å². The van der Waals surface area contributed by atoms with Crippen LogP contribution >= 0.6 is 22.9 Å². The number of hydrogen-bond donors (Lipinski definition) is 1. The van der Waals surface area contributed by atoms with Gasteiger partial charge in [-0.15, -0.1) is 11.3 Å². The highest BCUT2D eigenvalue weighted by Crippen LogP contribution is 2.26. The van der Waals surface area contributed by atoms with Crippen molar-refractivity contribution in [1.82, 2.24) is 20.1 Å². The van der Waals surface area contributed by atoms with E-state index in [2.05, 4.69) is 15.4 Å². The van der Waals surface area contributed by atoms with Crippen molar-refractivity contribution in [2.75, 3.05) is 0 Å². The Kier molecular flexibility index (Phi) is 3.98. The van der Waals surface area contributed by atoms with Crippen molar-refractivity contribution in [3.05, 3.63) is 34.0 Å². The minimum absolute atomic E-state index is 0.0685. The molecule has 0 saturated heterocycles. The predicted molar refractivity (Wildman–Crippen MR) is 70.6 cm³/mol. The topological polar surface area (TPSA) is 59.8 Å². The zero-order chi connectivity index (χ0) is 13.1. The van der Waals surface area contributed by atoms with E-state index in [1.54, 1.807) is 6.92 Å². The van der Waals surface area contributed by atoms with E-state index in [4.69, 9.17) is 11.6 Å². The van der Waals surface area contributed by atoms with E-state index in [-0.39, 0.29) is 18.0 Å². The van der Waals surface area contributed by atoms with Crippen LogP contribution in [-0.2, 0) is 4.79 Å². The summed E-state index contributed by atoms with van der Waals surface area (Å²) in [5.41, 5.74) is 0. The second kappa shape index (κ2) is 5.49. The van der Waals surface area contributed by atoms with Crippen LogP contribution in [0.15, 0.2) is 24.8 Å². The van der Waals surface area contributed by atoms with Gasteiger partial charge in [-0.25, -0.2) is 9.67 Å². The van der Waals surface area contributed by atoms with Gasteiger partial charge in [0, 0.05) is 4.88 Å². The molecule has 2 aromatic rings. The molecule has 2 aromatic heterocycles. The maximum absolute atomic E-state index is 12.0. The number of thiophene rings is 1. The average Bonchev–Trinajstić information content (AvgIpc) is 2.98. The van der Waals surface area contributed by atoms with Gasteiger partial charge in [0.1, 0.15) is 18.7 Å². The quantitative estimate of drug-likeness (QED) is 0.938. The minimum atomic E-state index is -0.384. The molecule has 0 aromatic carbocycles. The van der Waals surface area contributed by atoms with Gasteiger partial charge in [0.25, 0.3) is 0 Å².